The van der Waals surface area contributed by atoms with Gasteiger partial charge in [-0.3, -0.25) is 9.47 Å². The maximum Gasteiger partial charge on any atom is 0.161 e. The van der Waals surface area contributed by atoms with Crippen LogP contribution in [0.1, 0.15) is 41.5 Å². The molecule has 1 aromatic rings. The minimum Gasteiger partial charge on any atom is -0.382 e. The summed E-state index contributed by atoms with van der Waals surface area (Å²) in [7, 11) is 1.74. The van der Waals surface area contributed by atoms with Gasteiger partial charge in [-0.15, -0.1) is 0 Å². The van der Waals surface area contributed by atoms with Gasteiger partial charge in [0.1, 0.15) is 0 Å². The van der Waals surface area contributed by atoms with Crippen molar-refractivity contribution >= 4 is 5.78 Å². The molecule has 0 N–H and O–H groups in total. The molecule has 2 rings (SSSR count). The van der Waals surface area contributed by atoms with E-state index in [4.69, 9.17) is 4.74 Å². The van der Waals surface area contributed by atoms with Gasteiger partial charge in [-0.25, -0.2) is 0 Å². The van der Waals surface area contributed by atoms with E-state index in [9.17, 15) is 4.79 Å². The molecule has 1 aromatic heterocycles. The highest BCUT2D eigenvalue weighted by molar-refractivity contribution is 5.95. The molecule has 1 atom stereocenters. The van der Waals surface area contributed by atoms with Crippen LogP contribution in [0.5, 0.6) is 0 Å². The second kappa shape index (κ2) is 5.14. The van der Waals surface area contributed by atoms with E-state index in [-0.39, 0.29) is 5.78 Å². The number of hydrogen-bond donors (Lipinski definition) is 0. The molecule has 1 aliphatic heterocycles. The first-order chi connectivity index (χ1) is 8.56. The van der Waals surface area contributed by atoms with Gasteiger partial charge in [0.05, 0.1) is 12.6 Å². The van der Waals surface area contributed by atoms with Crippen molar-refractivity contribution < 1.29 is 9.53 Å². The van der Waals surface area contributed by atoms with Gasteiger partial charge in [-0.1, -0.05) is 0 Å². The lowest BCUT2D eigenvalue weighted by Gasteiger charge is -2.30. The zero-order chi connectivity index (χ0) is 13.3. The Morgan fingerprint density at radius 1 is 1.50 bits per heavy atom. The van der Waals surface area contributed by atoms with Gasteiger partial charge in [0.25, 0.3) is 0 Å². The Bertz CT molecular complexity index is 451. The van der Waals surface area contributed by atoms with Gasteiger partial charge in [0, 0.05) is 30.6 Å². The average Bonchev–Trinajstić information content (AvgIpc) is 2.84. The number of carbonyl (C=O) groups is 1. The Kier molecular flexibility index (Phi) is 3.76. The summed E-state index contributed by atoms with van der Waals surface area (Å²) in [4.78, 5) is 11.6. The molecule has 18 heavy (non-hydrogen) atoms. The zero-order valence-corrected chi connectivity index (χ0v) is 11.7. The lowest BCUT2D eigenvalue weighted by molar-refractivity contribution is 0.101. The predicted molar refractivity (Wildman–Crippen MR) is 71.9 cm³/mol. The Labute approximate surface area is 108 Å². The second-order valence-electron chi connectivity index (χ2n) is 5.07. The van der Waals surface area contributed by atoms with Crippen LogP contribution < -0.4 is 5.01 Å². The van der Waals surface area contributed by atoms with Crippen molar-refractivity contribution in [2.45, 2.75) is 39.7 Å². The lowest BCUT2D eigenvalue weighted by atomic mass is 10.2. The number of rotatable bonds is 4. The van der Waals surface area contributed by atoms with Crippen LogP contribution >= 0.6 is 0 Å². The van der Waals surface area contributed by atoms with E-state index in [1.54, 1.807) is 14.0 Å². The predicted octanol–water partition coefficient (Wildman–Crippen LogP) is 2.05. The lowest BCUT2D eigenvalue weighted by Crippen LogP contribution is -2.42. The topological polar surface area (TPSA) is 34.5 Å². The third kappa shape index (κ3) is 2.17. The molecular weight excluding hydrogens is 228 g/mol. The van der Waals surface area contributed by atoms with Crippen LogP contribution in [0.4, 0.5) is 0 Å². The van der Waals surface area contributed by atoms with E-state index < -0.39 is 0 Å². The van der Waals surface area contributed by atoms with Crippen molar-refractivity contribution in [1.82, 2.24) is 4.68 Å². The zero-order valence-electron chi connectivity index (χ0n) is 11.7. The Hall–Kier alpha value is -1.29. The molecule has 4 nitrogen and oxygen atoms in total. The summed E-state index contributed by atoms with van der Waals surface area (Å²) < 4.78 is 7.48. The molecule has 0 unspecified atom stereocenters. The highest BCUT2D eigenvalue weighted by Crippen LogP contribution is 2.22. The Balaban J connectivity index is 2.35. The van der Waals surface area contributed by atoms with Crippen molar-refractivity contribution in [3.8, 4) is 0 Å². The number of ketones is 1. The quantitative estimate of drug-likeness (QED) is 0.767. The van der Waals surface area contributed by atoms with Gasteiger partial charge in [-0.05, 0) is 39.7 Å². The Morgan fingerprint density at radius 2 is 2.22 bits per heavy atom. The first-order valence-corrected chi connectivity index (χ1v) is 6.52. The summed E-state index contributed by atoms with van der Waals surface area (Å²) in [5.41, 5.74) is 3.00. The highest BCUT2D eigenvalue weighted by atomic mass is 16.5. The fraction of sp³-hybridized carbons (Fsp3) is 0.643. The fourth-order valence-electron chi connectivity index (χ4n) is 2.95. The third-order valence-corrected chi connectivity index (χ3v) is 3.74. The first-order valence-electron chi connectivity index (χ1n) is 6.52. The maximum absolute atomic E-state index is 11.6. The fourth-order valence-corrected chi connectivity index (χ4v) is 2.95. The van der Waals surface area contributed by atoms with Crippen LogP contribution in [0.25, 0.3) is 0 Å². The molecular formula is C14H22N2O2. The van der Waals surface area contributed by atoms with E-state index in [0.717, 1.165) is 36.5 Å². The van der Waals surface area contributed by atoms with Crippen molar-refractivity contribution in [2.24, 2.45) is 0 Å². The number of aryl methyl sites for hydroxylation is 1. The number of ether oxygens (including phenoxy) is 1. The molecule has 100 valence electrons. The summed E-state index contributed by atoms with van der Waals surface area (Å²) in [6.45, 7) is 7.48. The monoisotopic (exact) mass is 250 g/mol. The summed E-state index contributed by atoms with van der Waals surface area (Å²) in [6.07, 6.45) is 2.33. The van der Waals surface area contributed by atoms with Gasteiger partial charge >= 0.3 is 0 Å². The van der Waals surface area contributed by atoms with Crippen LogP contribution in [0.3, 0.4) is 0 Å². The summed E-state index contributed by atoms with van der Waals surface area (Å²) in [5.74, 6) is 0.136. The number of hydrogen-bond acceptors (Lipinski definition) is 3. The van der Waals surface area contributed by atoms with Crippen molar-refractivity contribution in [2.75, 3.05) is 25.3 Å². The average molecular weight is 250 g/mol. The van der Waals surface area contributed by atoms with E-state index in [2.05, 4.69) is 16.6 Å². The molecule has 1 aliphatic rings. The molecule has 1 saturated heterocycles. The summed E-state index contributed by atoms with van der Waals surface area (Å²) in [5, 5.41) is 2.33. The number of nitrogens with zero attached hydrogens (tertiary/aromatic N) is 2. The minimum atomic E-state index is 0.136. The van der Waals surface area contributed by atoms with Gasteiger partial charge in [0.15, 0.2) is 5.78 Å². The number of carbonyl (C=O) groups excluding carboxylic acids is 1. The molecule has 0 aromatic carbocycles. The van der Waals surface area contributed by atoms with Crippen molar-refractivity contribution in [3.05, 3.63) is 23.0 Å². The molecule has 2 heterocycles. The molecule has 0 amide bonds. The molecule has 4 heteroatoms. The molecule has 0 saturated carbocycles. The molecule has 0 spiro atoms. The number of Topliss-reactive ketones (excluding diaryl/α,β-unsaturated/α-hetero) is 1. The molecule has 0 aliphatic carbocycles. The molecule has 0 bridgehead atoms. The summed E-state index contributed by atoms with van der Waals surface area (Å²) in [6, 6.07) is 2.40. The first kappa shape index (κ1) is 13.1. The summed E-state index contributed by atoms with van der Waals surface area (Å²) >= 11 is 0. The highest BCUT2D eigenvalue weighted by Gasteiger charge is 2.27. The smallest absolute Gasteiger partial charge is 0.161 e. The van der Waals surface area contributed by atoms with Crippen LogP contribution in [-0.2, 0) is 4.74 Å². The molecule has 0 radical (unpaired) electrons. The Morgan fingerprint density at radius 3 is 2.78 bits per heavy atom. The molecule has 1 fully saturated rings. The van der Waals surface area contributed by atoms with Crippen LogP contribution in [0.15, 0.2) is 6.07 Å². The number of aromatic nitrogens is 1. The SMILES string of the molecule is COC[C@@H]1CCCN1n1c(C)cc(C(C)=O)c1C. The van der Waals surface area contributed by atoms with Crippen LogP contribution in [0, 0.1) is 13.8 Å². The number of methoxy groups -OCH3 is 1. The van der Waals surface area contributed by atoms with E-state index in [0.29, 0.717) is 6.04 Å². The second-order valence-corrected chi connectivity index (χ2v) is 5.07. The largest absolute Gasteiger partial charge is 0.382 e. The van der Waals surface area contributed by atoms with Gasteiger partial charge < -0.3 is 9.75 Å². The third-order valence-electron chi connectivity index (χ3n) is 3.74. The van der Waals surface area contributed by atoms with Crippen molar-refractivity contribution in [3.63, 3.8) is 0 Å². The van der Waals surface area contributed by atoms with Gasteiger partial charge in [0.2, 0.25) is 0 Å². The van der Waals surface area contributed by atoms with E-state index in [1.165, 1.54) is 6.42 Å². The van der Waals surface area contributed by atoms with Crippen LogP contribution in [-0.4, -0.2) is 36.8 Å². The van der Waals surface area contributed by atoms with Gasteiger partial charge in [-0.2, -0.15) is 0 Å². The minimum absolute atomic E-state index is 0.136. The maximum atomic E-state index is 11.6. The van der Waals surface area contributed by atoms with E-state index in [1.807, 2.05) is 13.0 Å². The van der Waals surface area contributed by atoms with Crippen LogP contribution in [0.2, 0.25) is 0 Å². The van der Waals surface area contributed by atoms with E-state index >= 15 is 0 Å². The standard InChI is InChI=1S/C14H22N2O2/c1-10-8-14(12(3)17)11(2)16(10)15-7-5-6-13(15)9-18-4/h8,13H,5-7,9H2,1-4H3/t13-/m0/s1. The van der Waals surface area contributed by atoms with Crippen molar-refractivity contribution in [1.29, 1.82) is 0 Å². The normalized spacial score (nSPS) is 19.6.